The number of aromatic nitrogens is 1. The highest BCUT2D eigenvalue weighted by Gasteiger charge is 2.35. The van der Waals surface area contributed by atoms with Crippen molar-refractivity contribution in [1.29, 1.82) is 0 Å². The van der Waals surface area contributed by atoms with E-state index in [4.69, 9.17) is 0 Å². The molecule has 1 N–H and O–H groups in total. The van der Waals surface area contributed by atoms with Crippen molar-refractivity contribution in [3.63, 3.8) is 0 Å². The molecule has 10 heteroatoms. The van der Waals surface area contributed by atoms with E-state index < -0.39 is 40.8 Å². The Kier molecular flexibility index (Phi) is 5.00. The molecule has 132 valence electrons. The molecule has 0 radical (unpaired) electrons. The van der Waals surface area contributed by atoms with Gasteiger partial charge in [0.15, 0.2) is 0 Å². The summed E-state index contributed by atoms with van der Waals surface area (Å²) >= 11 is 0. The predicted molar refractivity (Wildman–Crippen MR) is 74.9 cm³/mol. The quantitative estimate of drug-likeness (QED) is 0.673. The van der Waals surface area contributed by atoms with Gasteiger partial charge in [-0.05, 0) is 24.3 Å². The van der Waals surface area contributed by atoms with Gasteiger partial charge in [0, 0.05) is 11.9 Å². The van der Waals surface area contributed by atoms with Crippen molar-refractivity contribution in [2.45, 2.75) is 6.18 Å². The van der Waals surface area contributed by atoms with Crippen LogP contribution in [0.2, 0.25) is 0 Å². The molecule has 0 fully saturated rings. The first-order valence-electron chi connectivity index (χ1n) is 6.55. The summed E-state index contributed by atoms with van der Waals surface area (Å²) in [7, 11) is 1.11. The molecule has 0 unspecified atom stereocenters. The van der Waals surface area contributed by atoms with Crippen molar-refractivity contribution >= 4 is 17.6 Å². The molecule has 5 nitrogen and oxygen atoms in total. The Bertz CT molecular complexity index is 836. The van der Waals surface area contributed by atoms with Crippen LogP contribution < -0.4 is 5.32 Å². The van der Waals surface area contributed by atoms with E-state index in [-0.39, 0.29) is 23.5 Å². The van der Waals surface area contributed by atoms with E-state index in [1.54, 1.807) is 0 Å². The fourth-order valence-electron chi connectivity index (χ4n) is 1.86. The molecule has 25 heavy (non-hydrogen) atoms. The maximum atomic E-state index is 13.8. The molecule has 2 rings (SSSR count). The van der Waals surface area contributed by atoms with Crippen LogP contribution in [0.15, 0.2) is 30.5 Å². The molecule has 1 heterocycles. The second kappa shape index (κ2) is 6.83. The molecule has 0 aliphatic heterocycles. The number of hydrogen-bond acceptors (Lipinski definition) is 4. The van der Waals surface area contributed by atoms with E-state index in [9.17, 15) is 31.5 Å². The Morgan fingerprint density at radius 1 is 1.12 bits per heavy atom. The number of alkyl halides is 3. The number of esters is 1. The van der Waals surface area contributed by atoms with E-state index in [0.717, 1.165) is 19.4 Å². The summed E-state index contributed by atoms with van der Waals surface area (Å²) in [5.41, 5.74) is -2.93. The van der Waals surface area contributed by atoms with Crippen LogP contribution in [0.5, 0.6) is 0 Å². The molecular formula is C15H9F5N2O3. The maximum absolute atomic E-state index is 13.8. The zero-order valence-electron chi connectivity index (χ0n) is 12.4. The van der Waals surface area contributed by atoms with E-state index in [1.807, 2.05) is 0 Å². The van der Waals surface area contributed by atoms with Gasteiger partial charge in [-0.25, -0.2) is 18.6 Å². The monoisotopic (exact) mass is 360 g/mol. The molecule has 0 atom stereocenters. The number of methoxy groups -OCH3 is 1. The lowest BCUT2D eigenvalue weighted by Gasteiger charge is -2.11. The zero-order valence-corrected chi connectivity index (χ0v) is 12.4. The summed E-state index contributed by atoms with van der Waals surface area (Å²) in [5, 5.41) is 2.13. The number of anilines is 1. The Morgan fingerprint density at radius 3 is 2.40 bits per heavy atom. The topological polar surface area (TPSA) is 68.3 Å². The summed E-state index contributed by atoms with van der Waals surface area (Å²) in [6, 6.07) is 2.39. The second-order valence-corrected chi connectivity index (χ2v) is 4.69. The van der Waals surface area contributed by atoms with Crippen LogP contribution in [-0.2, 0) is 10.9 Å². The molecular weight excluding hydrogens is 351 g/mol. The average Bonchev–Trinajstić information content (AvgIpc) is 2.55. The molecule has 0 saturated carbocycles. The van der Waals surface area contributed by atoms with Gasteiger partial charge in [-0.1, -0.05) is 0 Å². The highest BCUT2D eigenvalue weighted by atomic mass is 19.4. The number of benzene rings is 1. The predicted octanol–water partition coefficient (Wildman–Crippen LogP) is 3.42. The average molecular weight is 360 g/mol. The van der Waals surface area contributed by atoms with Gasteiger partial charge in [-0.15, -0.1) is 0 Å². The molecule has 2 aromatic rings. The van der Waals surface area contributed by atoms with Crippen molar-refractivity contribution in [2.75, 3.05) is 12.4 Å². The van der Waals surface area contributed by atoms with Gasteiger partial charge in [-0.3, -0.25) is 4.79 Å². The molecule has 0 saturated heterocycles. The highest BCUT2D eigenvalue weighted by molar-refractivity contribution is 6.05. The Morgan fingerprint density at radius 2 is 1.80 bits per heavy atom. The van der Waals surface area contributed by atoms with Gasteiger partial charge in [0.1, 0.15) is 17.3 Å². The van der Waals surface area contributed by atoms with Crippen LogP contribution in [0, 0.1) is 11.6 Å². The van der Waals surface area contributed by atoms with Crippen molar-refractivity contribution < 1.29 is 36.3 Å². The number of carbonyl (C=O) groups is 2. The number of rotatable bonds is 3. The van der Waals surface area contributed by atoms with Gasteiger partial charge in [0.25, 0.3) is 5.91 Å². The van der Waals surface area contributed by atoms with Crippen molar-refractivity contribution in [2.24, 2.45) is 0 Å². The Labute approximate surface area is 137 Å². The first-order chi connectivity index (χ1) is 11.6. The van der Waals surface area contributed by atoms with Gasteiger partial charge in [-0.2, -0.15) is 13.2 Å². The van der Waals surface area contributed by atoms with E-state index >= 15 is 0 Å². The lowest BCUT2D eigenvalue weighted by atomic mass is 10.1. The van der Waals surface area contributed by atoms with Crippen molar-refractivity contribution in [3.05, 3.63) is 58.9 Å². The third-order valence-electron chi connectivity index (χ3n) is 3.02. The van der Waals surface area contributed by atoms with Crippen LogP contribution in [0.1, 0.15) is 26.4 Å². The van der Waals surface area contributed by atoms with Crippen LogP contribution in [0.4, 0.5) is 27.6 Å². The summed E-state index contributed by atoms with van der Waals surface area (Å²) in [5.74, 6) is -5.34. The van der Waals surface area contributed by atoms with Gasteiger partial charge in [0.05, 0.1) is 18.2 Å². The van der Waals surface area contributed by atoms with Gasteiger partial charge >= 0.3 is 12.1 Å². The molecule has 0 aliphatic carbocycles. The normalized spacial score (nSPS) is 11.1. The number of hydrogen-bond donors (Lipinski definition) is 1. The summed E-state index contributed by atoms with van der Waals surface area (Å²) in [4.78, 5) is 27.0. The minimum atomic E-state index is -5.10. The largest absolute Gasteiger partial charge is 0.464 e. The minimum Gasteiger partial charge on any atom is -0.464 e. The SMILES string of the molecule is COC(=O)c1cc(NC(=O)c2cc(F)c(C(F)(F)F)cc2F)ccn1. The smallest absolute Gasteiger partial charge is 0.419 e. The lowest BCUT2D eigenvalue weighted by Crippen LogP contribution is -2.17. The minimum absolute atomic E-state index is 0.0138. The number of halogens is 5. The summed E-state index contributed by atoms with van der Waals surface area (Å²) in [6.45, 7) is 0. The highest BCUT2D eigenvalue weighted by Crippen LogP contribution is 2.32. The summed E-state index contributed by atoms with van der Waals surface area (Å²) < 4.78 is 69.2. The lowest BCUT2D eigenvalue weighted by molar-refractivity contribution is -0.140. The van der Waals surface area contributed by atoms with Crippen LogP contribution >= 0.6 is 0 Å². The Balaban J connectivity index is 2.30. The van der Waals surface area contributed by atoms with Crippen LogP contribution in [0.25, 0.3) is 0 Å². The van der Waals surface area contributed by atoms with Gasteiger partial charge < -0.3 is 10.1 Å². The molecule has 0 aliphatic rings. The van der Waals surface area contributed by atoms with E-state index in [0.29, 0.717) is 0 Å². The number of pyridine rings is 1. The van der Waals surface area contributed by atoms with Crippen molar-refractivity contribution in [1.82, 2.24) is 4.98 Å². The third kappa shape index (κ3) is 4.08. The maximum Gasteiger partial charge on any atom is 0.419 e. The third-order valence-corrected chi connectivity index (χ3v) is 3.02. The van der Waals surface area contributed by atoms with E-state index in [1.165, 1.54) is 6.07 Å². The fraction of sp³-hybridized carbons (Fsp3) is 0.133. The van der Waals surface area contributed by atoms with Crippen LogP contribution in [0.3, 0.4) is 0 Å². The number of nitrogens with zero attached hydrogens (tertiary/aromatic N) is 1. The number of nitrogens with one attached hydrogen (secondary N) is 1. The molecule has 1 aromatic carbocycles. The zero-order chi connectivity index (χ0) is 18.8. The second-order valence-electron chi connectivity index (χ2n) is 4.69. The Hall–Kier alpha value is -3.04. The first-order valence-corrected chi connectivity index (χ1v) is 6.55. The molecule has 0 bridgehead atoms. The standard InChI is InChI=1S/C15H9F5N2O3/c1-25-14(24)12-4-7(2-3-21-12)22-13(23)8-5-11(17)9(6-10(8)16)15(18,19)20/h2-6H,1H3,(H,21,22,23). The van der Waals surface area contributed by atoms with Gasteiger partial charge in [0.2, 0.25) is 0 Å². The molecule has 0 spiro atoms. The van der Waals surface area contributed by atoms with Crippen LogP contribution in [-0.4, -0.2) is 24.0 Å². The fourth-order valence-corrected chi connectivity index (χ4v) is 1.86. The number of carbonyl (C=O) groups excluding carboxylic acids is 2. The number of amides is 1. The number of ether oxygens (including phenoxy) is 1. The molecule has 1 aromatic heterocycles. The molecule has 1 amide bonds. The van der Waals surface area contributed by atoms with Crippen molar-refractivity contribution in [3.8, 4) is 0 Å². The first kappa shape index (κ1) is 18.3. The van der Waals surface area contributed by atoms with E-state index in [2.05, 4.69) is 15.0 Å². The summed E-state index contributed by atoms with van der Waals surface area (Å²) in [6.07, 6.45) is -3.95.